The second-order valence-electron chi connectivity index (χ2n) is 7.96. The van der Waals surface area contributed by atoms with Crippen LogP contribution in [0, 0.1) is 28.6 Å². The SMILES string of the molecule is [2H]C1=C[C@@]2(C)C(=C([2H])C1=O)C([2H])([2H])C[C@H]1[C@@H]3CC[C@](O)(C(=O)CO)[C@@]3(C)C([2H])([2H])C(=O)[C@@]12[2H]. The number of fused-ring (bicyclic) bond motifs is 5. The van der Waals surface area contributed by atoms with Crippen LogP contribution in [0.4, 0.5) is 0 Å². The summed E-state index contributed by atoms with van der Waals surface area (Å²) < 4.78 is 60.5. The van der Waals surface area contributed by atoms with Gasteiger partial charge in [-0.3, -0.25) is 14.4 Å². The van der Waals surface area contributed by atoms with Crippen molar-refractivity contribution in [2.24, 2.45) is 28.6 Å². The summed E-state index contributed by atoms with van der Waals surface area (Å²) in [5, 5.41) is 20.7. The van der Waals surface area contributed by atoms with Gasteiger partial charge in [0.2, 0.25) is 0 Å². The Balaban J connectivity index is 2.04. The molecule has 26 heavy (non-hydrogen) atoms. The number of hydrogen-bond acceptors (Lipinski definition) is 5. The van der Waals surface area contributed by atoms with Crippen LogP contribution >= 0.6 is 0 Å². The fraction of sp³-hybridized carbons (Fsp3) is 0.667. The van der Waals surface area contributed by atoms with E-state index in [0.717, 1.165) is 6.08 Å². The molecule has 0 saturated heterocycles. The monoisotopic (exact) mass is 365 g/mol. The van der Waals surface area contributed by atoms with Gasteiger partial charge in [-0.2, -0.15) is 0 Å². The number of ketones is 3. The summed E-state index contributed by atoms with van der Waals surface area (Å²) >= 11 is 0. The minimum atomic E-state index is -2.94. The molecule has 0 aromatic heterocycles. The Kier molecular flexibility index (Phi) is 2.37. The third-order valence-electron chi connectivity index (χ3n) is 6.81. The smallest absolute Gasteiger partial charge is 0.190 e. The molecule has 0 unspecified atom stereocenters. The lowest BCUT2D eigenvalue weighted by Gasteiger charge is -2.56. The number of hydrogen-bond donors (Lipinski definition) is 2. The molecule has 0 amide bonds. The van der Waals surface area contributed by atoms with Crippen molar-refractivity contribution in [2.75, 3.05) is 6.61 Å². The molecule has 0 radical (unpaired) electrons. The van der Waals surface area contributed by atoms with E-state index < -0.39 is 95.0 Å². The summed E-state index contributed by atoms with van der Waals surface area (Å²) in [6.45, 7) is 1.46. The van der Waals surface area contributed by atoms with Gasteiger partial charge in [-0.1, -0.05) is 25.5 Å². The van der Waals surface area contributed by atoms with E-state index in [1.165, 1.54) is 13.8 Å². The van der Waals surface area contributed by atoms with E-state index in [2.05, 4.69) is 0 Å². The van der Waals surface area contributed by atoms with E-state index in [-0.39, 0.29) is 12.8 Å². The molecule has 0 heterocycles. The summed E-state index contributed by atoms with van der Waals surface area (Å²) in [4.78, 5) is 38.8. The highest BCUT2D eigenvalue weighted by atomic mass is 16.3. The summed E-state index contributed by atoms with van der Waals surface area (Å²) in [6.07, 6.45) is -5.05. The first-order valence-corrected chi connectivity index (χ1v) is 8.77. The molecule has 0 aromatic carbocycles. The summed E-state index contributed by atoms with van der Waals surface area (Å²) in [6, 6.07) is -1.48. The van der Waals surface area contributed by atoms with Gasteiger partial charge < -0.3 is 10.2 Å². The Bertz CT molecular complexity index is 1070. The molecule has 3 fully saturated rings. The minimum absolute atomic E-state index is 0.00609. The highest BCUT2D eigenvalue weighted by molar-refractivity contribution is 6.02. The largest absolute Gasteiger partial charge is 0.388 e. The molecule has 3 saturated carbocycles. The molecule has 4 aliphatic rings. The lowest BCUT2D eigenvalue weighted by Crippen LogP contribution is -2.60. The van der Waals surface area contributed by atoms with Gasteiger partial charge in [-0.05, 0) is 49.6 Å². The van der Waals surface area contributed by atoms with Crippen LogP contribution in [0.5, 0.6) is 0 Å². The average Bonchev–Trinajstić information content (AvgIpc) is 3.00. The first-order valence-electron chi connectivity index (χ1n) is 12.3. The Morgan fingerprint density at radius 1 is 1.42 bits per heavy atom. The quantitative estimate of drug-likeness (QED) is 0.778. The highest BCUT2D eigenvalue weighted by Gasteiger charge is 2.68. The summed E-state index contributed by atoms with van der Waals surface area (Å²) in [5.41, 5.74) is -6.82. The lowest BCUT2D eigenvalue weighted by molar-refractivity contribution is -0.168. The van der Waals surface area contributed by atoms with Crippen LogP contribution in [-0.2, 0) is 14.4 Å². The zero-order valence-corrected chi connectivity index (χ0v) is 14.7. The minimum Gasteiger partial charge on any atom is -0.388 e. The fourth-order valence-electron chi connectivity index (χ4n) is 5.33. The number of Topliss-reactive ketones (excluding diaryl/α,β-unsaturated/α-hetero) is 2. The van der Waals surface area contributed by atoms with E-state index in [0.29, 0.717) is 0 Å². The van der Waals surface area contributed by atoms with Gasteiger partial charge in [0.1, 0.15) is 18.0 Å². The number of carbonyl (C=O) groups is 3. The van der Waals surface area contributed by atoms with E-state index in [1.807, 2.05) is 0 Å². The molecule has 4 aliphatic carbocycles. The van der Waals surface area contributed by atoms with Crippen LogP contribution in [0.3, 0.4) is 0 Å². The molecule has 5 heteroatoms. The Labute approximate surface area is 163 Å². The Morgan fingerprint density at radius 3 is 2.85 bits per heavy atom. The number of rotatable bonds is 2. The second kappa shape index (κ2) is 5.46. The van der Waals surface area contributed by atoms with Crippen molar-refractivity contribution >= 4 is 17.3 Å². The maximum atomic E-state index is 13.9. The third-order valence-corrected chi connectivity index (χ3v) is 6.81. The topological polar surface area (TPSA) is 91.7 Å². The fourth-order valence-corrected chi connectivity index (χ4v) is 5.33. The van der Waals surface area contributed by atoms with Crippen molar-refractivity contribution in [3.05, 3.63) is 23.8 Å². The van der Waals surface area contributed by atoms with Gasteiger partial charge >= 0.3 is 0 Å². The lowest BCUT2D eigenvalue weighted by atomic mass is 9.46. The molecular weight excluding hydrogens is 332 g/mol. The van der Waals surface area contributed by atoms with E-state index in [9.17, 15) is 26.0 Å². The molecule has 2 N–H and O–H groups in total. The molecule has 0 spiro atoms. The van der Waals surface area contributed by atoms with E-state index in [1.54, 1.807) is 0 Å². The van der Waals surface area contributed by atoms with Crippen molar-refractivity contribution in [1.82, 2.24) is 0 Å². The standard InChI is InChI=1S/C21H26O5/c1-19-7-5-13(23)9-12(19)3-4-14-15-6-8-21(26,17(25)11-22)20(15,2)10-16(24)18(14)19/h5,7,9,14-15,18,22,26H,3-4,6,8,10-11H2,1-2H3/t14-,15-,18+,19-,20-,21-/m0/s1/i3D2,5D,9D,10D2,18D. The zero-order valence-electron chi connectivity index (χ0n) is 21.7. The first kappa shape index (κ1) is 11.3. The van der Waals surface area contributed by atoms with Gasteiger partial charge in [-0.25, -0.2) is 0 Å². The molecule has 0 aliphatic heterocycles. The Morgan fingerprint density at radius 2 is 2.15 bits per heavy atom. The van der Waals surface area contributed by atoms with E-state index >= 15 is 0 Å². The molecule has 140 valence electrons. The third kappa shape index (κ3) is 2.01. The van der Waals surface area contributed by atoms with Crippen molar-refractivity contribution in [2.45, 2.75) is 51.5 Å². The number of aliphatic hydroxyl groups is 2. The predicted molar refractivity (Wildman–Crippen MR) is 94.0 cm³/mol. The predicted octanol–water partition coefficient (Wildman–Crippen LogP) is 1.77. The van der Waals surface area contributed by atoms with Crippen LogP contribution in [0.1, 0.15) is 55.5 Å². The second-order valence-corrected chi connectivity index (χ2v) is 7.96. The van der Waals surface area contributed by atoms with Gasteiger partial charge in [0.25, 0.3) is 0 Å². The number of aliphatic hydroxyl groups excluding tert-OH is 1. The maximum Gasteiger partial charge on any atom is 0.190 e. The normalized spacial score (nSPS) is 58.5. The van der Waals surface area contributed by atoms with Crippen LogP contribution in [0.15, 0.2) is 23.8 Å². The van der Waals surface area contributed by atoms with Crippen LogP contribution in [0.25, 0.3) is 0 Å². The zero-order chi connectivity index (χ0) is 25.2. The molecular formula is C21H26O5. The van der Waals surface area contributed by atoms with Crippen LogP contribution in [-0.4, -0.2) is 39.8 Å². The van der Waals surface area contributed by atoms with Crippen molar-refractivity contribution < 1.29 is 34.2 Å². The molecule has 6 atom stereocenters. The highest BCUT2D eigenvalue weighted by Crippen LogP contribution is 2.66. The van der Waals surface area contributed by atoms with Gasteiger partial charge in [-0.15, -0.1) is 0 Å². The molecule has 0 aromatic rings. The summed E-state index contributed by atoms with van der Waals surface area (Å²) in [5.74, 6) is -7.95. The Hall–Kier alpha value is -1.59. The van der Waals surface area contributed by atoms with E-state index in [4.69, 9.17) is 8.22 Å². The van der Waals surface area contributed by atoms with Crippen molar-refractivity contribution in [3.63, 3.8) is 0 Å². The molecule has 4 rings (SSSR count). The van der Waals surface area contributed by atoms with Crippen molar-refractivity contribution in [3.8, 4) is 0 Å². The first-order chi connectivity index (χ1) is 14.9. The number of carbonyl (C=O) groups excluding carboxylic acids is 3. The number of allylic oxidation sites excluding steroid dienone is 4. The molecule has 0 bridgehead atoms. The molecule has 5 nitrogen and oxygen atoms in total. The van der Waals surface area contributed by atoms with Crippen molar-refractivity contribution in [1.29, 1.82) is 0 Å². The van der Waals surface area contributed by atoms with Gasteiger partial charge in [0.05, 0.1) is 2.74 Å². The van der Waals surface area contributed by atoms with Gasteiger partial charge in [0.15, 0.2) is 11.6 Å². The van der Waals surface area contributed by atoms with Gasteiger partial charge in [0, 0.05) is 30.0 Å². The van der Waals surface area contributed by atoms with Crippen LogP contribution in [0.2, 0.25) is 0 Å². The van der Waals surface area contributed by atoms with Crippen LogP contribution < -0.4 is 0 Å². The summed E-state index contributed by atoms with van der Waals surface area (Å²) in [7, 11) is 0. The maximum absolute atomic E-state index is 13.9. The average molecular weight is 365 g/mol.